The highest BCUT2D eigenvalue weighted by atomic mass is 16.6. The Morgan fingerprint density at radius 2 is 0.487 bits per heavy atom. The second-order valence-corrected chi connectivity index (χ2v) is 24.3. The number of rotatable bonds is 67. The number of aliphatic hydroxyl groups is 1. The topological polar surface area (TPSA) is 72.8 Å². The van der Waals surface area contributed by atoms with Crippen molar-refractivity contribution >= 4 is 11.9 Å². The molecule has 452 valence electrons. The van der Waals surface area contributed by atoms with Crippen LogP contribution in [0.15, 0.2) is 12.2 Å². The minimum absolute atomic E-state index is 0.0562. The van der Waals surface area contributed by atoms with Gasteiger partial charge in [-0.05, 0) is 38.5 Å². The van der Waals surface area contributed by atoms with Crippen LogP contribution in [0.5, 0.6) is 0 Å². The molecule has 0 radical (unpaired) electrons. The molecule has 0 aromatic carbocycles. The van der Waals surface area contributed by atoms with Crippen LogP contribution >= 0.6 is 0 Å². The summed E-state index contributed by atoms with van der Waals surface area (Å²) >= 11 is 0. The highest BCUT2D eigenvalue weighted by Crippen LogP contribution is 2.19. The van der Waals surface area contributed by atoms with Crippen molar-refractivity contribution in [3.63, 3.8) is 0 Å². The Bertz CT molecular complexity index is 1120. The lowest BCUT2D eigenvalue weighted by atomic mass is 10.0. The number of allylic oxidation sites excluding steroid dienone is 2. The van der Waals surface area contributed by atoms with Gasteiger partial charge in [-0.25, -0.2) is 0 Å². The summed E-state index contributed by atoms with van der Waals surface area (Å²) in [6, 6.07) is 0. The molecule has 0 bridgehead atoms. The van der Waals surface area contributed by atoms with Crippen molar-refractivity contribution in [3.8, 4) is 0 Å². The first-order valence-electron chi connectivity index (χ1n) is 35.2. The first kappa shape index (κ1) is 74.6. The Morgan fingerprint density at radius 3 is 0.711 bits per heavy atom. The van der Waals surface area contributed by atoms with E-state index in [9.17, 15) is 14.7 Å². The van der Waals surface area contributed by atoms with E-state index in [4.69, 9.17) is 9.47 Å². The van der Waals surface area contributed by atoms with Gasteiger partial charge in [0.25, 0.3) is 0 Å². The molecule has 1 atom stereocenters. The van der Waals surface area contributed by atoms with Crippen LogP contribution in [0.3, 0.4) is 0 Å². The van der Waals surface area contributed by atoms with Gasteiger partial charge in [-0.15, -0.1) is 0 Å². The van der Waals surface area contributed by atoms with Gasteiger partial charge in [-0.3, -0.25) is 9.59 Å². The van der Waals surface area contributed by atoms with E-state index in [1.165, 1.54) is 353 Å². The van der Waals surface area contributed by atoms with E-state index in [2.05, 4.69) is 26.0 Å². The van der Waals surface area contributed by atoms with Crippen LogP contribution in [0.1, 0.15) is 412 Å². The van der Waals surface area contributed by atoms with Crippen LogP contribution in [0.25, 0.3) is 0 Å². The maximum absolute atomic E-state index is 12.4. The molecule has 76 heavy (non-hydrogen) atoms. The summed E-state index contributed by atoms with van der Waals surface area (Å²) in [5, 5.41) is 9.69. The lowest BCUT2D eigenvalue weighted by molar-refractivity contribution is -0.161. The average Bonchev–Trinajstić information content (AvgIpc) is 3.42. The van der Waals surface area contributed by atoms with E-state index in [0.29, 0.717) is 12.8 Å². The second-order valence-electron chi connectivity index (χ2n) is 24.3. The third-order valence-electron chi connectivity index (χ3n) is 16.6. The van der Waals surface area contributed by atoms with Crippen molar-refractivity contribution < 1.29 is 24.2 Å². The molecule has 0 rings (SSSR count). The number of ether oxygens (including phenoxy) is 2. The molecule has 0 aliphatic heterocycles. The molecule has 0 saturated carbocycles. The van der Waals surface area contributed by atoms with Crippen LogP contribution < -0.4 is 0 Å². The Labute approximate surface area is 477 Å². The molecule has 5 heteroatoms. The molecule has 0 saturated heterocycles. The maximum Gasteiger partial charge on any atom is 0.306 e. The lowest BCUT2D eigenvalue weighted by Gasteiger charge is -2.15. The Hall–Kier alpha value is -1.36. The van der Waals surface area contributed by atoms with Gasteiger partial charge in [0.15, 0.2) is 6.10 Å². The molecule has 0 amide bonds. The molecule has 0 aromatic rings. The molecule has 0 aliphatic carbocycles. The van der Waals surface area contributed by atoms with Gasteiger partial charge in [0, 0.05) is 12.8 Å². The molecule has 5 nitrogen and oxygen atoms in total. The quantitative estimate of drug-likeness (QED) is 0.0373. The van der Waals surface area contributed by atoms with Crippen molar-refractivity contribution in [3.05, 3.63) is 12.2 Å². The summed E-state index contributed by atoms with van der Waals surface area (Å²) < 4.78 is 10.8. The highest BCUT2D eigenvalue weighted by molar-refractivity contribution is 5.70. The van der Waals surface area contributed by atoms with Gasteiger partial charge in [-0.2, -0.15) is 0 Å². The molecule has 0 heterocycles. The summed E-state index contributed by atoms with van der Waals surface area (Å²) in [7, 11) is 0. The van der Waals surface area contributed by atoms with Crippen LogP contribution in [-0.2, 0) is 19.1 Å². The zero-order valence-corrected chi connectivity index (χ0v) is 52.1. The number of hydrogen-bond acceptors (Lipinski definition) is 5. The average molecular weight is 1070 g/mol. The maximum atomic E-state index is 12.4. The van der Waals surface area contributed by atoms with Crippen molar-refractivity contribution in [2.75, 3.05) is 13.2 Å². The highest BCUT2D eigenvalue weighted by Gasteiger charge is 2.16. The van der Waals surface area contributed by atoms with Crippen LogP contribution in [0.4, 0.5) is 0 Å². The van der Waals surface area contributed by atoms with Crippen molar-refractivity contribution in [2.45, 2.75) is 418 Å². The lowest BCUT2D eigenvalue weighted by Crippen LogP contribution is -2.28. The fourth-order valence-electron chi connectivity index (χ4n) is 11.3. The number of carbonyl (C=O) groups excluding carboxylic acids is 2. The molecule has 1 unspecified atom stereocenters. The first-order valence-corrected chi connectivity index (χ1v) is 35.2. The number of hydrogen-bond donors (Lipinski definition) is 1. The third-order valence-corrected chi connectivity index (χ3v) is 16.6. The summed E-state index contributed by atoms with van der Waals surface area (Å²) in [4.78, 5) is 24.6. The van der Waals surface area contributed by atoms with Crippen LogP contribution in [0, 0.1) is 0 Å². The molecular formula is C71H138O5. The molecular weight excluding hydrogens is 933 g/mol. The van der Waals surface area contributed by atoms with Gasteiger partial charge in [0.2, 0.25) is 0 Å². The summed E-state index contributed by atoms with van der Waals surface area (Å²) in [6.45, 7) is 4.21. The first-order chi connectivity index (χ1) is 37.6. The minimum Gasteiger partial charge on any atom is -0.462 e. The smallest absolute Gasteiger partial charge is 0.306 e. The van der Waals surface area contributed by atoms with E-state index in [-0.39, 0.29) is 25.2 Å². The Balaban J connectivity index is 3.33. The van der Waals surface area contributed by atoms with E-state index in [0.717, 1.165) is 32.1 Å². The zero-order valence-electron chi connectivity index (χ0n) is 52.1. The van der Waals surface area contributed by atoms with Gasteiger partial charge in [0.05, 0.1) is 6.61 Å². The Morgan fingerprint density at radius 1 is 0.289 bits per heavy atom. The van der Waals surface area contributed by atoms with E-state index in [1.54, 1.807) is 0 Å². The predicted molar refractivity (Wildman–Crippen MR) is 335 cm³/mol. The standard InChI is InChI=1S/C71H138O5/c1-3-5-7-9-11-13-15-17-19-21-23-25-26-27-28-29-30-31-32-33-34-35-36-37-38-39-40-41-42-43-44-46-48-50-52-54-56-58-60-62-64-66-71(74)76-69(67-72)68-75-70(73)65-63-61-59-57-55-53-51-49-47-45-24-22-20-18-16-14-12-10-8-6-4-2/h21,23,69,72H,3-20,22,24-68H2,1-2H3/b23-21-. The predicted octanol–water partition coefficient (Wildman–Crippen LogP) is 24.2. The van der Waals surface area contributed by atoms with Crippen molar-refractivity contribution in [1.82, 2.24) is 0 Å². The fraction of sp³-hybridized carbons (Fsp3) is 0.944. The summed E-state index contributed by atoms with van der Waals surface area (Å²) in [6.07, 6.45) is 87.0. The van der Waals surface area contributed by atoms with Crippen LogP contribution in [-0.4, -0.2) is 36.4 Å². The molecule has 0 aromatic heterocycles. The number of unbranched alkanes of at least 4 members (excludes halogenated alkanes) is 57. The fourth-order valence-corrected chi connectivity index (χ4v) is 11.3. The van der Waals surface area contributed by atoms with Gasteiger partial charge in [-0.1, -0.05) is 373 Å². The normalized spacial score (nSPS) is 12.1. The Kier molecular flexibility index (Phi) is 66.7. The third kappa shape index (κ3) is 65.2. The molecule has 0 aliphatic rings. The number of aliphatic hydroxyl groups excluding tert-OH is 1. The zero-order chi connectivity index (χ0) is 54.8. The largest absolute Gasteiger partial charge is 0.462 e. The second kappa shape index (κ2) is 67.9. The molecule has 0 fully saturated rings. The number of esters is 2. The van der Waals surface area contributed by atoms with E-state index < -0.39 is 6.10 Å². The summed E-state index contributed by atoms with van der Waals surface area (Å²) in [5.41, 5.74) is 0. The SMILES string of the molecule is CCCCCCCCCC/C=C\CCCCCCCCCCCCCCCCCCCCCCCCCCCCCCCC(=O)OC(CO)COC(=O)CCCCCCCCCCCCCCCCCCCCCCC. The number of carbonyl (C=O) groups is 2. The van der Waals surface area contributed by atoms with Crippen molar-refractivity contribution in [2.24, 2.45) is 0 Å². The molecule has 1 N–H and O–H groups in total. The van der Waals surface area contributed by atoms with Gasteiger partial charge in [0.1, 0.15) is 6.61 Å². The van der Waals surface area contributed by atoms with Crippen LogP contribution in [0.2, 0.25) is 0 Å². The van der Waals surface area contributed by atoms with E-state index in [1.807, 2.05) is 0 Å². The van der Waals surface area contributed by atoms with Gasteiger partial charge >= 0.3 is 11.9 Å². The monoisotopic (exact) mass is 1070 g/mol. The summed E-state index contributed by atoms with van der Waals surface area (Å²) in [5.74, 6) is -0.561. The minimum atomic E-state index is -0.766. The van der Waals surface area contributed by atoms with Gasteiger partial charge < -0.3 is 14.6 Å². The molecule has 0 spiro atoms. The van der Waals surface area contributed by atoms with E-state index >= 15 is 0 Å². The van der Waals surface area contributed by atoms with Crippen molar-refractivity contribution in [1.29, 1.82) is 0 Å².